The van der Waals surface area contributed by atoms with E-state index < -0.39 is 0 Å². The third-order valence-corrected chi connectivity index (χ3v) is 5.15. The van der Waals surface area contributed by atoms with Crippen molar-refractivity contribution in [3.8, 4) is 22.9 Å². The third kappa shape index (κ3) is 3.54. The molecule has 1 fully saturated rings. The molecule has 4 rings (SSSR count). The van der Waals surface area contributed by atoms with Crippen molar-refractivity contribution in [3.63, 3.8) is 0 Å². The number of benzene rings is 1. The van der Waals surface area contributed by atoms with E-state index in [9.17, 15) is 4.79 Å². The number of anilines is 1. The Balaban J connectivity index is 1.71. The first-order valence-corrected chi connectivity index (χ1v) is 9.40. The third-order valence-electron chi connectivity index (χ3n) is 5.15. The molecule has 3 heterocycles. The number of piperidine rings is 1. The molecule has 7 heteroatoms. The summed E-state index contributed by atoms with van der Waals surface area (Å²) in [4.78, 5) is 26.9. The molecule has 1 aromatic carbocycles. The lowest BCUT2D eigenvalue weighted by molar-refractivity contribution is 0.368. The van der Waals surface area contributed by atoms with Gasteiger partial charge in [0.2, 0.25) is 5.95 Å². The van der Waals surface area contributed by atoms with Crippen molar-refractivity contribution in [3.05, 3.63) is 46.9 Å². The predicted octanol–water partition coefficient (Wildman–Crippen LogP) is 3.12. The summed E-state index contributed by atoms with van der Waals surface area (Å²) in [6, 6.07) is 11.0. The Morgan fingerprint density at radius 1 is 1.25 bits per heavy atom. The van der Waals surface area contributed by atoms with Crippen LogP contribution < -0.4 is 15.2 Å². The Morgan fingerprint density at radius 2 is 2.00 bits per heavy atom. The Hall–Kier alpha value is -3.40. The van der Waals surface area contributed by atoms with Crippen LogP contribution in [0.15, 0.2) is 41.3 Å². The summed E-state index contributed by atoms with van der Waals surface area (Å²) in [5.74, 6) is 1.90. The molecule has 1 aliphatic rings. The first-order chi connectivity index (χ1) is 13.7. The maximum Gasteiger partial charge on any atom is 0.262 e. The molecule has 0 aliphatic carbocycles. The van der Waals surface area contributed by atoms with Gasteiger partial charge in [-0.3, -0.25) is 9.78 Å². The van der Waals surface area contributed by atoms with E-state index in [1.165, 1.54) is 0 Å². The van der Waals surface area contributed by atoms with Crippen LogP contribution in [0.25, 0.3) is 22.2 Å². The first kappa shape index (κ1) is 18.0. The van der Waals surface area contributed by atoms with E-state index in [0.717, 1.165) is 37.1 Å². The van der Waals surface area contributed by atoms with Crippen LogP contribution in [0.1, 0.15) is 19.8 Å². The van der Waals surface area contributed by atoms with Gasteiger partial charge in [-0.25, -0.2) is 4.98 Å². The van der Waals surface area contributed by atoms with Crippen LogP contribution in [0.5, 0.6) is 5.75 Å². The lowest BCUT2D eigenvalue weighted by atomic mass is 10.00. The summed E-state index contributed by atoms with van der Waals surface area (Å²) in [5, 5.41) is 9.08. The molecule has 1 saturated heterocycles. The number of H-pyrrole nitrogens is 1. The smallest absolute Gasteiger partial charge is 0.262 e. The average Bonchev–Trinajstić information content (AvgIpc) is 2.72. The molecule has 28 heavy (non-hydrogen) atoms. The zero-order chi connectivity index (χ0) is 19.5. The Labute approximate surface area is 162 Å². The van der Waals surface area contributed by atoms with Gasteiger partial charge < -0.3 is 9.64 Å². The van der Waals surface area contributed by atoms with Crippen LogP contribution >= 0.6 is 0 Å². The number of nitrogens with one attached hydrogen (secondary N) is 1. The molecule has 0 saturated carbocycles. The second-order valence-electron chi connectivity index (χ2n) is 7.09. The molecule has 0 unspecified atom stereocenters. The van der Waals surface area contributed by atoms with Gasteiger partial charge in [-0.05, 0) is 48.1 Å². The van der Waals surface area contributed by atoms with Crippen LogP contribution in [0.3, 0.4) is 0 Å². The number of aromatic nitrogens is 3. The normalized spacial score (nSPS) is 14.8. The number of pyridine rings is 1. The average molecular weight is 375 g/mol. The summed E-state index contributed by atoms with van der Waals surface area (Å²) in [5.41, 5.74) is 1.89. The van der Waals surface area contributed by atoms with Gasteiger partial charge in [0.25, 0.3) is 5.56 Å². The van der Waals surface area contributed by atoms with Crippen molar-refractivity contribution in [2.45, 2.75) is 19.8 Å². The molecule has 142 valence electrons. The number of nitrogens with zero attached hydrogens (tertiary/aromatic N) is 4. The number of hydrogen-bond acceptors (Lipinski definition) is 6. The minimum absolute atomic E-state index is 0.000816. The lowest BCUT2D eigenvalue weighted by Gasteiger charge is -2.30. The number of aromatic amines is 1. The summed E-state index contributed by atoms with van der Waals surface area (Å²) in [7, 11) is 0. The molecule has 0 spiro atoms. The fourth-order valence-corrected chi connectivity index (χ4v) is 3.51. The molecule has 3 aromatic rings. The fraction of sp³-hybridized carbons (Fsp3) is 0.333. The number of rotatable bonds is 4. The molecule has 1 aliphatic heterocycles. The number of nitriles is 1. The largest absolute Gasteiger partial charge is 0.479 e. The van der Waals surface area contributed by atoms with Gasteiger partial charge in [-0.15, -0.1) is 0 Å². The molecule has 0 bridgehead atoms. The van der Waals surface area contributed by atoms with E-state index in [1.54, 1.807) is 18.3 Å². The summed E-state index contributed by atoms with van der Waals surface area (Å²) in [6.07, 6.45) is 3.86. The van der Waals surface area contributed by atoms with E-state index in [-0.39, 0.29) is 12.2 Å². The maximum absolute atomic E-state index is 12.9. The Morgan fingerprint density at radius 3 is 2.71 bits per heavy atom. The molecule has 7 nitrogen and oxygen atoms in total. The van der Waals surface area contributed by atoms with Gasteiger partial charge in [-0.1, -0.05) is 19.1 Å². The molecule has 0 radical (unpaired) electrons. The summed E-state index contributed by atoms with van der Waals surface area (Å²) >= 11 is 0. The highest BCUT2D eigenvalue weighted by molar-refractivity contribution is 5.92. The van der Waals surface area contributed by atoms with E-state index >= 15 is 0 Å². The highest BCUT2D eigenvalue weighted by Crippen LogP contribution is 2.27. The summed E-state index contributed by atoms with van der Waals surface area (Å²) in [6.45, 7) is 4.02. The van der Waals surface area contributed by atoms with Crippen molar-refractivity contribution < 1.29 is 4.74 Å². The van der Waals surface area contributed by atoms with Crippen molar-refractivity contribution in [2.24, 2.45) is 5.92 Å². The molecule has 0 amide bonds. The highest BCUT2D eigenvalue weighted by atomic mass is 16.5. The zero-order valence-electron chi connectivity index (χ0n) is 15.7. The van der Waals surface area contributed by atoms with Crippen molar-refractivity contribution in [1.82, 2.24) is 15.0 Å². The van der Waals surface area contributed by atoms with E-state index in [0.29, 0.717) is 28.6 Å². The van der Waals surface area contributed by atoms with Crippen LogP contribution in [0.2, 0.25) is 0 Å². The molecule has 0 atom stereocenters. The second-order valence-corrected chi connectivity index (χ2v) is 7.09. The van der Waals surface area contributed by atoms with Gasteiger partial charge in [0, 0.05) is 19.3 Å². The minimum Gasteiger partial charge on any atom is -0.479 e. The van der Waals surface area contributed by atoms with Gasteiger partial charge in [-0.2, -0.15) is 10.2 Å². The standard InChI is InChI=1S/C21H21N5O2/c1-14-7-11-26(12-8-14)21-24-19-18(20(27)25-21)17(6-10-23-19)15-2-4-16(5-3-15)28-13-9-22/h2-6,10,14H,7-8,11-13H2,1H3,(H,23,24,25,27). The number of fused-ring (bicyclic) bond motifs is 1. The Bertz CT molecular complexity index is 1080. The van der Waals surface area contributed by atoms with Gasteiger partial charge >= 0.3 is 0 Å². The van der Waals surface area contributed by atoms with Gasteiger partial charge in [0.05, 0.1) is 5.39 Å². The fourth-order valence-electron chi connectivity index (χ4n) is 3.51. The topological polar surface area (TPSA) is 94.9 Å². The molecular formula is C21H21N5O2. The predicted molar refractivity (Wildman–Crippen MR) is 107 cm³/mol. The molecule has 1 N–H and O–H groups in total. The van der Waals surface area contributed by atoms with Crippen molar-refractivity contribution >= 4 is 17.0 Å². The van der Waals surface area contributed by atoms with Gasteiger partial charge in [0.1, 0.15) is 11.8 Å². The van der Waals surface area contributed by atoms with Crippen LogP contribution in [-0.4, -0.2) is 34.6 Å². The van der Waals surface area contributed by atoms with E-state index in [1.807, 2.05) is 24.3 Å². The lowest BCUT2D eigenvalue weighted by Crippen LogP contribution is -2.35. The zero-order valence-corrected chi connectivity index (χ0v) is 15.7. The quantitative estimate of drug-likeness (QED) is 0.753. The summed E-state index contributed by atoms with van der Waals surface area (Å²) < 4.78 is 5.29. The van der Waals surface area contributed by atoms with Crippen LogP contribution in [-0.2, 0) is 0 Å². The van der Waals surface area contributed by atoms with E-state index in [2.05, 4.69) is 26.8 Å². The Kier molecular flexibility index (Phi) is 4.94. The number of ether oxygens (including phenoxy) is 1. The molecular weight excluding hydrogens is 354 g/mol. The SMILES string of the molecule is CC1CCN(c2nc3nccc(-c4ccc(OCC#N)cc4)c3c(=O)[nH]2)CC1. The van der Waals surface area contributed by atoms with Gasteiger partial charge in [0.15, 0.2) is 12.3 Å². The first-order valence-electron chi connectivity index (χ1n) is 9.40. The monoisotopic (exact) mass is 375 g/mol. The second kappa shape index (κ2) is 7.69. The molecule has 2 aromatic heterocycles. The van der Waals surface area contributed by atoms with E-state index in [4.69, 9.17) is 10.00 Å². The van der Waals surface area contributed by atoms with Crippen LogP contribution in [0.4, 0.5) is 5.95 Å². The van der Waals surface area contributed by atoms with Crippen molar-refractivity contribution in [2.75, 3.05) is 24.6 Å². The van der Waals surface area contributed by atoms with Crippen molar-refractivity contribution in [1.29, 1.82) is 5.26 Å². The highest BCUT2D eigenvalue weighted by Gasteiger charge is 2.19. The maximum atomic E-state index is 12.9. The minimum atomic E-state index is -0.188. The van der Waals surface area contributed by atoms with Crippen LogP contribution in [0, 0.1) is 17.2 Å². The number of hydrogen-bond donors (Lipinski definition) is 1.